The Morgan fingerprint density at radius 1 is 1.03 bits per heavy atom. The van der Waals surface area contributed by atoms with Gasteiger partial charge in [-0.25, -0.2) is 4.79 Å². The van der Waals surface area contributed by atoms with Crippen LogP contribution in [-0.2, 0) is 6.42 Å². The molecule has 0 atom stereocenters. The zero-order chi connectivity index (χ0) is 21.6. The molecular formula is C22H20N4O4S. The average Bonchev–Trinajstić information content (AvgIpc) is 3.47. The first-order valence-electron chi connectivity index (χ1n) is 9.40. The van der Waals surface area contributed by atoms with Crippen LogP contribution in [-0.4, -0.2) is 30.4 Å². The van der Waals surface area contributed by atoms with Crippen molar-refractivity contribution in [1.82, 2.24) is 10.1 Å². The molecule has 2 heterocycles. The van der Waals surface area contributed by atoms with Gasteiger partial charge in [0, 0.05) is 11.8 Å². The molecule has 0 fully saturated rings. The molecule has 2 N–H and O–H groups in total. The van der Waals surface area contributed by atoms with Gasteiger partial charge in [-0.2, -0.15) is 4.98 Å². The van der Waals surface area contributed by atoms with E-state index in [9.17, 15) is 4.79 Å². The lowest BCUT2D eigenvalue weighted by atomic mass is 10.1. The van der Waals surface area contributed by atoms with Gasteiger partial charge in [-0.15, -0.1) is 11.3 Å². The Morgan fingerprint density at radius 3 is 2.65 bits per heavy atom. The number of nitrogens with one attached hydrogen (secondary N) is 2. The Labute approximate surface area is 182 Å². The van der Waals surface area contributed by atoms with Gasteiger partial charge in [0.15, 0.2) is 0 Å². The van der Waals surface area contributed by atoms with Crippen molar-refractivity contribution < 1.29 is 18.8 Å². The molecule has 0 aliphatic heterocycles. The summed E-state index contributed by atoms with van der Waals surface area (Å²) in [6, 6.07) is 16.1. The van der Waals surface area contributed by atoms with Gasteiger partial charge in [0.05, 0.1) is 31.2 Å². The van der Waals surface area contributed by atoms with Crippen LogP contribution in [0.2, 0.25) is 0 Å². The van der Waals surface area contributed by atoms with Crippen molar-refractivity contribution in [2.75, 3.05) is 24.9 Å². The maximum Gasteiger partial charge on any atom is 0.323 e. The van der Waals surface area contributed by atoms with E-state index in [1.807, 2.05) is 41.8 Å². The lowest BCUT2D eigenvalue weighted by Crippen LogP contribution is -2.20. The number of nitrogens with zero attached hydrogens (tertiary/aromatic N) is 2. The highest BCUT2D eigenvalue weighted by Gasteiger charge is 2.14. The van der Waals surface area contributed by atoms with Gasteiger partial charge in [0.1, 0.15) is 11.5 Å². The SMILES string of the molecule is COc1ccc(NC(=O)Nc2ccccc2Cc2nc(-c3cccs3)no2)c(OC)c1. The number of urea groups is 1. The number of rotatable bonds is 7. The summed E-state index contributed by atoms with van der Waals surface area (Å²) in [6.07, 6.45) is 0.390. The third kappa shape index (κ3) is 4.84. The largest absolute Gasteiger partial charge is 0.497 e. The first-order valence-corrected chi connectivity index (χ1v) is 10.3. The number of anilines is 2. The number of para-hydroxylation sites is 1. The second-order valence-electron chi connectivity index (χ2n) is 6.47. The number of carbonyl (C=O) groups excluding carboxylic acids is 1. The molecule has 2 aromatic heterocycles. The molecule has 2 amide bonds. The van der Waals surface area contributed by atoms with Crippen molar-refractivity contribution in [3.8, 4) is 22.2 Å². The molecule has 0 bridgehead atoms. The van der Waals surface area contributed by atoms with Crippen LogP contribution >= 0.6 is 11.3 Å². The summed E-state index contributed by atoms with van der Waals surface area (Å²) < 4.78 is 15.9. The van der Waals surface area contributed by atoms with Gasteiger partial charge < -0.3 is 24.6 Å². The summed E-state index contributed by atoms with van der Waals surface area (Å²) in [5.41, 5.74) is 2.01. The zero-order valence-corrected chi connectivity index (χ0v) is 17.7. The molecule has 8 nitrogen and oxygen atoms in total. The average molecular weight is 436 g/mol. The van der Waals surface area contributed by atoms with Crippen molar-refractivity contribution in [1.29, 1.82) is 0 Å². The predicted octanol–water partition coefficient (Wildman–Crippen LogP) is 5.05. The van der Waals surface area contributed by atoms with Gasteiger partial charge in [-0.1, -0.05) is 29.4 Å². The van der Waals surface area contributed by atoms with Crippen LogP contribution in [0.4, 0.5) is 16.2 Å². The second-order valence-corrected chi connectivity index (χ2v) is 7.42. The number of ether oxygens (including phenoxy) is 2. The number of hydrogen-bond donors (Lipinski definition) is 2. The van der Waals surface area contributed by atoms with Crippen molar-refractivity contribution in [2.45, 2.75) is 6.42 Å². The lowest BCUT2D eigenvalue weighted by Gasteiger charge is -2.14. The minimum Gasteiger partial charge on any atom is -0.497 e. The van der Waals surface area contributed by atoms with Crippen LogP contribution in [0.15, 0.2) is 64.5 Å². The highest BCUT2D eigenvalue weighted by atomic mass is 32.1. The normalized spacial score (nSPS) is 10.5. The topological polar surface area (TPSA) is 98.5 Å². The molecule has 0 saturated carbocycles. The summed E-state index contributed by atoms with van der Waals surface area (Å²) in [4.78, 5) is 18.0. The number of benzene rings is 2. The maximum atomic E-state index is 12.6. The molecule has 2 aromatic carbocycles. The van der Waals surface area contributed by atoms with Crippen LogP contribution < -0.4 is 20.1 Å². The Hall–Kier alpha value is -3.85. The summed E-state index contributed by atoms with van der Waals surface area (Å²) in [5.74, 6) is 2.15. The smallest absolute Gasteiger partial charge is 0.323 e. The third-order valence-corrected chi connectivity index (χ3v) is 5.34. The van der Waals surface area contributed by atoms with Crippen LogP contribution in [0.25, 0.3) is 10.7 Å². The van der Waals surface area contributed by atoms with E-state index < -0.39 is 6.03 Å². The van der Waals surface area contributed by atoms with Gasteiger partial charge >= 0.3 is 6.03 Å². The van der Waals surface area contributed by atoms with E-state index in [4.69, 9.17) is 14.0 Å². The van der Waals surface area contributed by atoms with Crippen molar-refractivity contribution in [3.05, 3.63) is 71.4 Å². The summed E-state index contributed by atoms with van der Waals surface area (Å²) in [7, 11) is 3.10. The van der Waals surface area contributed by atoms with Gasteiger partial charge in [-0.3, -0.25) is 0 Å². The number of amides is 2. The zero-order valence-electron chi connectivity index (χ0n) is 16.9. The van der Waals surface area contributed by atoms with Crippen LogP contribution in [0, 0.1) is 0 Å². The van der Waals surface area contributed by atoms with Crippen molar-refractivity contribution in [2.24, 2.45) is 0 Å². The van der Waals surface area contributed by atoms with E-state index in [0.29, 0.717) is 41.0 Å². The van der Waals surface area contributed by atoms with E-state index in [1.165, 1.54) is 7.11 Å². The Bertz CT molecular complexity index is 1170. The van der Waals surface area contributed by atoms with E-state index in [2.05, 4.69) is 20.8 Å². The number of hydrogen-bond acceptors (Lipinski definition) is 7. The van der Waals surface area contributed by atoms with Crippen molar-refractivity contribution >= 4 is 28.7 Å². The first-order chi connectivity index (χ1) is 15.2. The third-order valence-electron chi connectivity index (χ3n) is 4.47. The Balaban J connectivity index is 1.47. The van der Waals surface area contributed by atoms with E-state index in [-0.39, 0.29) is 0 Å². The summed E-state index contributed by atoms with van der Waals surface area (Å²) >= 11 is 1.54. The standard InChI is InChI=1S/C22H20N4O4S/c1-28-15-9-10-17(18(13-15)29-2)24-22(27)23-16-7-4-3-6-14(16)12-20-25-21(26-30-20)19-8-5-11-31-19/h3-11,13H,12H2,1-2H3,(H2,23,24,27). The fraction of sp³-hybridized carbons (Fsp3) is 0.136. The Kier molecular flexibility index (Phi) is 6.13. The molecule has 158 valence electrons. The first kappa shape index (κ1) is 20.4. The Morgan fingerprint density at radius 2 is 1.87 bits per heavy atom. The predicted molar refractivity (Wildman–Crippen MR) is 119 cm³/mol. The fourth-order valence-corrected chi connectivity index (χ4v) is 3.62. The van der Waals surface area contributed by atoms with E-state index in [1.54, 1.807) is 36.6 Å². The molecule has 0 spiro atoms. The van der Waals surface area contributed by atoms with Crippen LogP contribution in [0.5, 0.6) is 11.5 Å². The van der Waals surface area contributed by atoms with E-state index in [0.717, 1.165) is 10.4 Å². The fourth-order valence-electron chi connectivity index (χ4n) is 2.97. The number of thiophene rings is 1. The molecule has 9 heteroatoms. The molecular weight excluding hydrogens is 416 g/mol. The molecule has 4 aromatic rings. The quantitative estimate of drug-likeness (QED) is 0.421. The minimum absolute atomic E-state index is 0.390. The second kappa shape index (κ2) is 9.31. The highest BCUT2D eigenvalue weighted by molar-refractivity contribution is 7.13. The number of carbonyl (C=O) groups is 1. The molecule has 31 heavy (non-hydrogen) atoms. The van der Waals surface area contributed by atoms with Gasteiger partial charge in [-0.05, 0) is 35.2 Å². The lowest BCUT2D eigenvalue weighted by molar-refractivity contribution is 0.262. The molecule has 4 rings (SSSR count). The van der Waals surface area contributed by atoms with Crippen molar-refractivity contribution in [3.63, 3.8) is 0 Å². The summed E-state index contributed by atoms with van der Waals surface area (Å²) in [5, 5.41) is 11.7. The van der Waals surface area contributed by atoms with Crippen LogP contribution in [0.1, 0.15) is 11.5 Å². The van der Waals surface area contributed by atoms with E-state index >= 15 is 0 Å². The van der Waals surface area contributed by atoms with Crippen LogP contribution in [0.3, 0.4) is 0 Å². The number of methoxy groups -OCH3 is 2. The molecule has 0 aliphatic carbocycles. The molecule has 0 unspecified atom stereocenters. The monoisotopic (exact) mass is 436 g/mol. The molecule has 0 saturated heterocycles. The maximum absolute atomic E-state index is 12.6. The van der Waals surface area contributed by atoms with Gasteiger partial charge in [0.2, 0.25) is 11.7 Å². The van der Waals surface area contributed by atoms with Gasteiger partial charge in [0.25, 0.3) is 0 Å². The highest BCUT2D eigenvalue weighted by Crippen LogP contribution is 2.29. The summed E-state index contributed by atoms with van der Waals surface area (Å²) in [6.45, 7) is 0. The minimum atomic E-state index is -0.402. The molecule has 0 radical (unpaired) electrons. The molecule has 0 aliphatic rings. The number of aromatic nitrogens is 2.